The number of carbonyl (C=O) groups excluding carboxylic acids is 1. The Morgan fingerprint density at radius 2 is 0.655 bits per heavy atom. The molecule has 1 aliphatic heterocycles. The van der Waals surface area contributed by atoms with E-state index in [1.807, 2.05) is 219 Å². The molecule has 113 heavy (non-hydrogen) atoms. The van der Waals surface area contributed by atoms with Crippen LogP contribution in [0.1, 0.15) is 113 Å². The third kappa shape index (κ3) is 15.6. The number of benzene rings is 7. The first-order chi connectivity index (χ1) is 54.3. The number of ether oxygens (including phenoxy) is 1. The lowest BCUT2D eigenvalue weighted by molar-refractivity contribution is 0.0580. The van der Waals surface area contributed by atoms with Crippen molar-refractivity contribution in [2.45, 2.75) is 48.5 Å². The molecule has 0 radical (unpaired) electrons. The molecule has 0 atom stereocenters. The predicted molar refractivity (Wildman–Crippen MR) is 431 cm³/mol. The second kappa shape index (κ2) is 35.3. The van der Waals surface area contributed by atoms with Crippen LogP contribution < -0.4 is 0 Å². The van der Waals surface area contributed by atoms with Gasteiger partial charge in [-0.2, -0.15) is 0 Å². The summed E-state index contributed by atoms with van der Waals surface area (Å²) in [5.74, 6) is -0.128. The molecule has 0 amide bonds. The number of aryl methyl sites for hydroxylation is 1. The van der Waals surface area contributed by atoms with Crippen molar-refractivity contribution < 1.29 is 17.9 Å². The Morgan fingerprint density at radius 1 is 0.372 bits per heavy atom. The van der Waals surface area contributed by atoms with E-state index in [1.54, 1.807) is 54.6 Å². The summed E-state index contributed by atoms with van der Waals surface area (Å²) in [7, 11) is -3.79. The Labute approximate surface area is 660 Å². The second-order valence-corrected chi connectivity index (χ2v) is 28.7. The second-order valence-electron chi connectivity index (χ2n) is 26.0. The maximum absolute atomic E-state index is 13.2. The maximum Gasteiger partial charge on any atom is 0.339 e. The summed E-state index contributed by atoms with van der Waals surface area (Å²) in [6.45, 7) is 70.7. The zero-order valence-corrected chi connectivity index (χ0v) is 63.3. The third-order valence-corrected chi connectivity index (χ3v) is 20.9. The first kappa shape index (κ1) is 82.2. The van der Waals surface area contributed by atoms with Crippen LogP contribution in [-0.2, 0) is 14.6 Å². The van der Waals surface area contributed by atoms with Crippen molar-refractivity contribution in [2.24, 2.45) is 16.2 Å². The van der Waals surface area contributed by atoms with Gasteiger partial charge in [-0.25, -0.2) is 94.1 Å². The molecule has 4 aliphatic carbocycles. The van der Waals surface area contributed by atoms with E-state index >= 15 is 0 Å². The fraction of sp³-hybridized carbons (Fsp3) is 0.132. The van der Waals surface area contributed by atoms with Gasteiger partial charge in [0.1, 0.15) is 5.94 Å². The molecule has 7 aromatic carbocycles. The predicted octanol–water partition coefficient (Wildman–Crippen LogP) is 21.0. The SMILES string of the molecule is [C-]#[N+]/C(C#N)=C1\C=C(c2ccccc2)S(=O)(=O)C(c2ccc(C)cc2)=C1.[C-]#[N+]/C(C#N)=C1\c2ccccc2-c2c(C(=O)OCSC)cccc21.[C-]#[N+]/C(C#N)=C1\c2ccccc2/C(=C(/C#N)[N+]#[C-])C1(C)C.[C-]#[N+]/C(C#N)=C1\c2ccccc2/C(=C(/C#N)[N+]#[C-])C1(C)C.[C-]#[N+]/C(C#N)=C1\c2ccccc2/C(=C(/C#N)[N+]#[C-])C1(C)C. The van der Waals surface area contributed by atoms with Crippen LogP contribution >= 0.6 is 11.8 Å². The van der Waals surface area contributed by atoms with E-state index in [0.29, 0.717) is 61.3 Å². The molecule has 0 unspecified atom stereocenters. The molecule has 0 spiro atoms. The zero-order valence-electron chi connectivity index (χ0n) is 61.6. The Hall–Kier alpha value is -16.5. The number of hydrogen-bond donors (Lipinski definition) is 0. The number of hydrogen-bond acceptors (Lipinski definition) is 13. The number of fused-ring (bicyclic) bond motifs is 6. The molecule has 0 N–H and O–H groups in total. The average Bonchev–Trinajstić information content (AvgIpc) is 1.34. The lowest BCUT2D eigenvalue weighted by Crippen LogP contribution is -2.11. The van der Waals surface area contributed by atoms with Gasteiger partial charge in [-0.3, -0.25) is 0 Å². The summed E-state index contributed by atoms with van der Waals surface area (Å²) in [6, 6.07) is 65.8. The third-order valence-electron chi connectivity index (χ3n) is 18.7. The van der Waals surface area contributed by atoms with Crippen LogP contribution in [0.2, 0.25) is 0 Å². The van der Waals surface area contributed by atoms with Crippen molar-refractivity contribution >= 4 is 76.4 Å². The van der Waals surface area contributed by atoms with Gasteiger partial charge in [0, 0.05) is 11.1 Å². The lowest BCUT2D eigenvalue weighted by atomic mass is 9.79. The topological polar surface area (TPSA) is 286 Å². The minimum atomic E-state index is -3.79. The van der Waals surface area contributed by atoms with Crippen molar-refractivity contribution in [3.63, 3.8) is 0 Å². The maximum atomic E-state index is 13.2. The van der Waals surface area contributed by atoms with Crippen LogP contribution in [-0.4, -0.2) is 26.6 Å². The van der Waals surface area contributed by atoms with Crippen molar-refractivity contribution in [1.29, 1.82) is 42.1 Å². The molecule has 536 valence electrons. The van der Waals surface area contributed by atoms with Gasteiger partial charge in [0.25, 0.3) is 45.6 Å². The summed E-state index contributed by atoms with van der Waals surface area (Å²) in [6.07, 6.45) is 4.66. The fourth-order valence-electron chi connectivity index (χ4n) is 14.1. The van der Waals surface area contributed by atoms with Gasteiger partial charge in [0.15, 0.2) is 0 Å². The summed E-state index contributed by atoms with van der Waals surface area (Å²) in [4.78, 5) is 39.1. The van der Waals surface area contributed by atoms with Crippen LogP contribution in [0, 0.1) is 166 Å². The molecule has 20 nitrogen and oxygen atoms in total. The molecular weight excluding hydrogens is 1450 g/mol. The van der Waals surface area contributed by atoms with Gasteiger partial charge in [-0.15, -0.1) is 11.8 Å². The van der Waals surface area contributed by atoms with E-state index < -0.39 is 32.1 Å². The molecular formula is C91H56N16O4S2. The van der Waals surface area contributed by atoms with Gasteiger partial charge in [-0.05, 0) is 148 Å². The quantitative estimate of drug-likeness (QED) is 0.0671. The van der Waals surface area contributed by atoms with Crippen molar-refractivity contribution in [3.8, 4) is 59.7 Å². The minimum Gasteiger partial charge on any atom is -0.451 e. The van der Waals surface area contributed by atoms with Crippen molar-refractivity contribution in [1.82, 2.24) is 0 Å². The van der Waals surface area contributed by atoms with Crippen LogP contribution in [0.5, 0.6) is 0 Å². The number of nitrogens with zero attached hydrogens (tertiary/aromatic N) is 16. The number of thioether (sulfide) groups is 1. The van der Waals surface area contributed by atoms with Crippen molar-refractivity contribution in [3.05, 3.63) is 391 Å². The van der Waals surface area contributed by atoms with Crippen LogP contribution in [0.4, 0.5) is 0 Å². The average molecular weight is 1500 g/mol. The molecule has 22 heteroatoms. The van der Waals surface area contributed by atoms with Gasteiger partial charge in [0.2, 0.25) is 9.84 Å². The highest BCUT2D eigenvalue weighted by Crippen LogP contribution is 2.60. The molecule has 12 rings (SSSR count). The summed E-state index contributed by atoms with van der Waals surface area (Å²) < 4.78 is 31.7. The number of rotatable bonds is 5. The Balaban J connectivity index is 0.000000178. The zero-order chi connectivity index (χ0) is 82.7. The first-order valence-corrected chi connectivity index (χ1v) is 36.3. The highest BCUT2D eigenvalue weighted by atomic mass is 32.2. The molecule has 1 heterocycles. The van der Waals surface area contributed by atoms with Gasteiger partial charge in [0.05, 0.1) is 117 Å². The van der Waals surface area contributed by atoms with Crippen LogP contribution in [0.3, 0.4) is 0 Å². The van der Waals surface area contributed by atoms with E-state index in [1.165, 1.54) is 23.9 Å². The number of allylic oxidation sites excluding steroid dienone is 17. The molecule has 0 bridgehead atoms. The molecule has 0 aromatic heterocycles. The van der Waals surface area contributed by atoms with Crippen molar-refractivity contribution in [2.75, 3.05) is 12.2 Å². The molecule has 0 saturated carbocycles. The summed E-state index contributed by atoms with van der Waals surface area (Å²) in [5.41, 5.74) is 12.2. The largest absolute Gasteiger partial charge is 0.451 e. The van der Waals surface area contributed by atoms with Crippen LogP contribution in [0.25, 0.3) is 98.7 Å². The van der Waals surface area contributed by atoms with E-state index in [9.17, 15) is 55.3 Å². The molecule has 5 aliphatic rings. The standard InChI is InChI=1S/C21H14N2O2S.C19H12N2O2S.3C17H10N4/c1-15-8-10-17(11-9-15)21-13-18(19(14-22)23-2)12-20(26(21,24)25)16-6-4-3-5-7-16;1-21-16(10-20)18-13-7-4-3-6-12(13)17-14(18)8-5-9-15(17)19(22)23-11-24-2;3*1-17(2)15(13(9-18)20-3)11-7-5-6-8-12(11)16(17)14(10-19)21-4/h3-13H,1H3;3-9H,11H2,2H3;3*5-8H,1-2H3/b19-18+;18-16+;3*15-13+,16-14+. The number of sulfone groups is 1. The van der Waals surface area contributed by atoms with E-state index in [2.05, 4.69) is 38.8 Å². The van der Waals surface area contributed by atoms with Gasteiger partial charge in [-0.1, -0.05) is 211 Å². The molecule has 0 fully saturated rings. The molecule has 7 aromatic rings. The minimum absolute atomic E-state index is 0.00437. The Kier molecular flexibility index (Phi) is 25.7. The summed E-state index contributed by atoms with van der Waals surface area (Å²) >= 11 is 1.42. The summed E-state index contributed by atoms with van der Waals surface area (Å²) in [5, 5.41) is 73.9. The van der Waals surface area contributed by atoms with E-state index in [4.69, 9.17) is 57.3 Å². The smallest absolute Gasteiger partial charge is 0.339 e. The lowest BCUT2D eigenvalue weighted by Gasteiger charge is -2.23. The van der Waals surface area contributed by atoms with Gasteiger partial charge < -0.3 is 4.74 Å². The van der Waals surface area contributed by atoms with E-state index in [0.717, 1.165) is 61.2 Å². The Bertz CT molecular complexity index is 5800. The highest BCUT2D eigenvalue weighted by Gasteiger charge is 2.45. The number of nitriles is 8. The molecule has 0 saturated heterocycles. The van der Waals surface area contributed by atoms with E-state index in [-0.39, 0.29) is 61.3 Å². The van der Waals surface area contributed by atoms with Crippen LogP contribution in [0.15, 0.2) is 233 Å². The monoisotopic (exact) mass is 1500 g/mol. The normalized spacial score (nSPS) is 17.6. The highest BCUT2D eigenvalue weighted by molar-refractivity contribution is 8.09. The first-order valence-electron chi connectivity index (χ1n) is 33.4. The Morgan fingerprint density at radius 3 is 0.956 bits per heavy atom. The number of carbonyl (C=O) groups is 1. The van der Waals surface area contributed by atoms with Gasteiger partial charge >= 0.3 is 5.97 Å². The fourth-order valence-corrected chi connectivity index (χ4v) is 16.0. The number of esters is 1.